The molecule has 1 saturated heterocycles. The maximum absolute atomic E-state index is 12.8. The smallest absolute Gasteiger partial charge is 0.428 e. The maximum atomic E-state index is 12.8. The second-order valence-electron chi connectivity index (χ2n) is 4.29. The summed E-state index contributed by atoms with van der Waals surface area (Å²) in [6, 6.07) is 0. The van der Waals surface area contributed by atoms with Gasteiger partial charge in [-0.3, -0.25) is 4.79 Å². The predicted octanol–water partition coefficient (Wildman–Crippen LogP) is 2.04. The van der Waals surface area contributed by atoms with Crippen LogP contribution in [0.15, 0.2) is 0 Å². The molecule has 20 heavy (non-hydrogen) atoms. The number of carbonyl (C=O) groups is 1. The molecule has 0 bridgehead atoms. The number of rotatable bonds is 8. The molecule has 0 saturated carbocycles. The van der Waals surface area contributed by atoms with E-state index in [0.717, 1.165) is 6.92 Å². The Hall–Kier alpha value is -0.860. The van der Waals surface area contributed by atoms with Gasteiger partial charge >= 0.3 is 12.1 Å². The van der Waals surface area contributed by atoms with Crippen molar-refractivity contribution in [2.24, 2.45) is 0 Å². The molecule has 3 atom stereocenters. The van der Waals surface area contributed by atoms with E-state index in [2.05, 4.69) is 4.74 Å². The van der Waals surface area contributed by atoms with Crippen LogP contribution in [0.5, 0.6) is 0 Å². The Kier molecular flexibility index (Phi) is 6.22. The van der Waals surface area contributed by atoms with Crippen molar-refractivity contribution in [1.82, 2.24) is 0 Å². The molecule has 0 radical (unpaired) electrons. The van der Waals surface area contributed by atoms with Gasteiger partial charge in [-0.2, -0.15) is 13.2 Å². The molecule has 1 aliphatic heterocycles. The number of alkyl halides is 3. The van der Waals surface area contributed by atoms with Gasteiger partial charge in [0, 0.05) is 26.6 Å². The summed E-state index contributed by atoms with van der Waals surface area (Å²) in [5, 5.41) is 0. The van der Waals surface area contributed by atoms with Crippen LogP contribution in [0.1, 0.15) is 27.2 Å². The van der Waals surface area contributed by atoms with Gasteiger partial charge in [-0.1, -0.05) is 0 Å². The second kappa shape index (κ2) is 7.24. The van der Waals surface area contributed by atoms with Gasteiger partial charge in [0.1, 0.15) is 6.10 Å². The molecule has 1 aliphatic rings. The summed E-state index contributed by atoms with van der Waals surface area (Å²) < 4.78 is 58.0. The Morgan fingerprint density at radius 2 is 1.80 bits per heavy atom. The maximum Gasteiger partial charge on any atom is 0.428 e. The summed E-state index contributed by atoms with van der Waals surface area (Å²) in [6.45, 7) is 5.21. The third-order valence-electron chi connectivity index (χ3n) is 2.67. The van der Waals surface area contributed by atoms with Crippen molar-refractivity contribution in [2.45, 2.75) is 58.0 Å². The van der Waals surface area contributed by atoms with Gasteiger partial charge in [-0.25, -0.2) is 0 Å². The minimum atomic E-state index is -4.65. The summed E-state index contributed by atoms with van der Waals surface area (Å²) in [6.07, 6.45) is -9.23. The zero-order valence-electron chi connectivity index (χ0n) is 11.6. The summed E-state index contributed by atoms with van der Waals surface area (Å²) in [7, 11) is 0. The van der Waals surface area contributed by atoms with Gasteiger partial charge in [0.15, 0.2) is 6.29 Å². The number of halogens is 3. The van der Waals surface area contributed by atoms with Crippen LogP contribution < -0.4 is 0 Å². The lowest BCUT2D eigenvalue weighted by Gasteiger charge is -2.19. The van der Waals surface area contributed by atoms with Crippen LogP contribution in [-0.2, 0) is 23.7 Å². The molecular weight excluding hydrogens is 281 g/mol. The van der Waals surface area contributed by atoms with Gasteiger partial charge < -0.3 is 18.9 Å². The van der Waals surface area contributed by atoms with Gasteiger partial charge in [-0.15, -0.1) is 0 Å². The van der Waals surface area contributed by atoms with E-state index in [9.17, 15) is 18.0 Å². The summed E-state index contributed by atoms with van der Waals surface area (Å²) >= 11 is 0. The molecule has 0 N–H and O–H groups in total. The molecule has 5 nitrogen and oxygen atoms in total. The summed E-state index contributed by atoms with van der Waals surface area (Å²) in [5.74, 6) is -0.993. The van der Waals surface area contributed by atoms with Crippen LogP contribution in [0, 0.1) is 0 Å². The highest BCUT2D eigenvalue weighted by molar-refractivity contribution is 5.66. The van der Waals surface area contributed by atoms with E-state index in [1.807, 2.05) is 0 Å². The quantitative estimate of drug-likeness (QED) is 0.390. The number of epoxide rings is 1. The fourth-order valence-corrected chi connectivity index (χ4v) is 1.86. The van der Waals surface area contributed by atoms with Crippen molar-refractivity contribution < 1.29 is 36.9 Å². The molecule has 0 aromatic rings. The molecule has 0 aromatic carbocycles. The van der Waals surface area contributed by atoms with Crippen molar-refractivity contribution >= 4 is 5.97 Å². The fraction of sp³-hybridized carbons (Fsp3) is 0.917. The fourth-order valence-electron chi connectivity index (χ4n) is 1.86. The lowest BCUT2D eigenvalue weighted by Crippen LogP contribution is -2.39. The average molecular weight is 300 g/mol. The van der Waals surface area contributed by atoms with Gasteiger partial charge in [0.25, 0.3) is 0 Å². The topological polar surface area (TPSA) is 57.3 Å². The van der Waals surface area contributed by atoms with E-state index in [1.54, 1.807) is 13.8 Å². The molecule has 1 rings (SSSR count). The highest BCUT2D eigenvalue weighted by Crippen LogP contribution is 2.39. The Morgan fingerprint density at radius 1 is 1.25 bits per heavy atom. The second-order valence-corrected chi connectivity index (χ2v) is 4.29. The van der Waals surface area contributed by atoms with Crippen LogP contribution in [0.4, 0.5) is 13.2 Å². The molecule has 0 aromatic heterocycles. The Labute approximate surface area is 115 Å². The molecule has 8 heteroatoms. The largest absolute Gasteiger partial charge is 0.450 e. The van der Waals surface area contributed by atoms with Gasteiger partial charge in [0.05, 0.1) is 6.10 Å². The highest BCUT2D eigenvalue weighted by Gasteiger charge is 2.59. The summed E-state index contributed by atoms with van der Waals surface area (Å²) in [5.41, 5.74) is 0. The zero-order chi connectivity index (χ0) is 15.3. The van der Waals surface area contributed by atoms with Crippen LogP contribution in [0.25, 0.3) is 0 Å². The van der Waals surface area contributed by atoms with Gasteiger partial charge in [-0.05, 0) is 13.8 Å². The van der Waals surface area contributed by atoms with Crippen molar-refractivity contribution in [2.75, 3.05) is 13.2 Å². The molecule has 1 heterocycles. The Balaban J connectivity index is 2.54. The van der Waals surface area contributed by atoms with Gasteiger partial charge in [0.2, 0.25) is 6.10 Å². The number of esters is 1. The molecule has 0 amide bonds. The van der Waals surface area contributed by atoms with Crippen molar-refractivity contribution in [1.29, 1.82) is 0 Å². The van der Waals surface area contributed by atoms with Crippen LogP contribution in [0.3, 0.4) is 0 Å². The van der Waals surface area contributed by atoms with E-state index in [1.165, 1.54) is 0 Å². The SMILES string of the molecule is CCOC(C[C@H]1O[C@@H]1[C@H](OC(C)=O)C(F)(F)F)OCC. The minimum Gasteiger partial charge on any atom is -0.450 e. The van der Waals surface area contributed by atoms with Crippen molar-refractivity contribution in [3.63, 3.8) is 0 Å². The molecule has 0 spiro atoms. The normalized spacial score (nSPS) is 23.8. The van der Waals surface area contributed by atoms with E-state index in [4.69, 9.17) is 14.2 Å². The highest BCUT2D eigenvalue weighted by atomic mass is 19.4. The standard InChI is InChI=1S/C12H19F3O5/c1-4-17-9(18-5-2)6-8-10(20-8)11(12(13,14)15)19-7(3)16/h8-11H,4-6H2,1-3H3/t8-,10+,11+/m1/s1. The number of carbonyl (C=O) groups excluding carboxylic acids is 1. The zero-order valence-corrected chi connectivity index (χ0v) is 11.6. The lowest BCUT2D eigenvalue weighted by atomic mass is 10.1. The molecular formula is C12H19F3O5. The van der Waals surface area contributed by atoms with Crippen LogP contribution in [-0.4, -0.2) is 50.0 Å². The minimum absolute atomic E-state index is 0.167. The Morgan fingerprint density at radius 3 is 2.20 bits per heavy atom. The van der Waals surface area contributed by atoms with Crippen LogP contribution >= 0.6 is 0 Å². The summed E-state index contributed by atoms with van der Waals surface area (Å²) in [4.78, 5) is 10.7. The van der Waals surface area contributed by atoms with E-state index in [-0.39, 0.29) is 6.42 Å². The molecule has 0 unspecified atom stereocenters. The molecule has 0 aliphatic carbocycles. The average Bonchev–Trinajstić information content (AvgIpc) is 3.04. The first kappa shape index (κ1) is 17.2. The van der Waals surface area contributed by atoms with E-state index in [0.29, 0.717) is 13.2 Å². The monoisotopic (exact) mass is 300 g/mol. The van der Waals surface area contributed by atoms with Crippen molar-refractivity contribution in [3.8, 4) is 0 Å². The van der Waals surface area contributed by atoms with E-state index < -0.39 is 36.7 Å². The number of hydrogen-bond acceptors (Lipinski definition) is 5. The lowest BCUT2D eigenvalue weighted by molar-refractivity contribution is -0.224. The number of hydrogen-bond donors (Lipinski definition) is 0. The first-order valence-electron chi connectivity index (χ1n) is 6.42. The van der Waals surface area contributed by atoms with Crippen LogP contribution in [0.2, 0.25) is 0 Å². The molecule has 1 fully saturated rings. The molecule has 118 valence electrons. The first-order chi connectivity index (χ1) is 9.29. The van der Waals surface area contributed by atoms with E-state index >= 15 is 0 Å². The third-order valence-corrected chi connectivity index (χ3v) is 2.67. The van der Waals surface area contributed by atoms with Crippen molar-refractivity contribution in [3.05, 3.63) is 0 Å². The number of ether oxygens (including phenoxy) is 4. The first-order valence-corrected chi connectivity index (χ1v) is 6.42. The predicted molar refractivity (Wildman–Crippen MR) is 61.9 cm³/mol. The Bertz CT molecular complexity index is 315. The third kappa shape index (κ3) is 5.26.